The number of benzene rings is 1. The van der Waals surface area contributed by atoms with E-state index in [1.54, 1.807) is 7.11 Å². The molecule has 3 rings (SSSR count). The van der Waals surface area contributed by atoms with Gasteiger partial charge < -0.3 is 25.2 Å². The van der Waals surface area contributed by atoms with Crippen LogP contribution in [0.5, 0.6) is 5.75 Å². The Morgan fingerprint density at radius 2 is 2.23 bits per heavy atom. The van der Waals surface area contributed by atoms with E-state index in [0.717, 1.165) is 44.2 Å². The molecule has 0 bridgehead atoms. The average molecular weight is 428 g/mol. The van der Waals surface area contributed by atoms with Gasteiger partial charge in [0.15, 0.2) is 5.96 Å². The Bertz CT molecular complexity index is 848. The van der Waals surface area contributed by atoms with Crippen LogP contribution in [0.25, 0.3) is 0 Å². The molecule has 1 aromatic carbocycles. The molecule has 1 saturated heterocycles. The third-order valence-electron chi connectivity index (χ3n) is 5.68. The first-order valence-electron chi connectivity index (χ1n) is 11.1. The van der Waals surface area contributed by atoms with Crippen molar-refractivity contribution in [1.82, 2.24) is 25.3 Å². The summed E-state index contributed by atoms with van der Waals surface area (Å²) in [6.45, 7) is 5.60. The number of nitrogens with zero attached hydrogens (tertiary/aromatic N) is 5. The first-order valence-corrected chi connectivity index (χ1v) is 11.1. The summed E-state index contributed by atoms with van der Waals surface area (Å²) in [5.41, 5.74) is 2.38. The van der Waals surface area contributed by atoms with Crippen LogP contribution in [0.1, 0.15) is 31.4 Å². The molecule has 2 heterocycles. The van der Waals surface area contributed by atoms with E-state index in [2.05, 4.69) is 70.9 Å². The monoisotopic (exact) mass is 427 g/mol. The topological polar surface area (TPSA) is 70.0 Å². The van der Waals surface area contributed by atoms with Gasteiger partial charge in [-0.1, -0.05) is 6.07 Å². The van der Waals surface area contributed by atoms with Crippen molar-refractivity contribution in [3.05, 3.63) is 42.2 Å². The summed E-state index contributed by atoms with van der Waals surface area (Å²) in [6, 6.07) is 8.83. The summed E-state index contributed by atoms with van der Waals surface area (Å²) in [5.74, 6) is 1.77. The Hall–Kier alpha value is -2.74. The second-order valence-electron chi connectivity index (χ2n) is 8.28. The van der Waals surface area contributed by atoms with E-state index in [1.165, 1.54) is 11.3 Å². The first-order chi connectivity index (χ1) is 15.0. The number of ether oxygens (including phenoxy) is 1. The first kappa shape index (κ1) is 22.9. The number of rotatable bonds is 8. The number of anilines is 1. The van der Waals surface area contributed by atoms with Gasteiger partial charge >= 0.3 is 0 Å². The van der Waals surface area contributed by atoms with E-state index < -0.39 is 0 Å². The molecule has 1 fully saturated rings. The van der Waals surface area contributed by atoms with Gasteiger partial charge in [0.05, 0.1) is 25.9 Å². The number of hydrogen-bond donors (Lipinski definition) is 2. The standard InChI is InChI=1S/C23H37N7O/c1-6-24-23(25-15-22(28(2)3)18-14-26-29(4)16-18)27-19-9-8-12-30(17-19)20-10-7-11-21(13-20)31-5/h7,10-11,13-14,16,19,22H,6,8-9,12,15,17H2,1-5H3,(H2,24,25,27). The van der Waals surface area contributed by atoms with Crippen LogP contribution in [-0.4, -0.2) is 74.1 Å². The molecule has 0 amide bonds. The van der Waals surface area contributed by atoms with Crippen molar-refractivity contribution in [3.63, 3.8) is 0 Å². The number of methoxy groups -OCH3 is 1. The highest BCUT2D eigenvalue weighted by Gasteiger charge is 2.22. The summed E-state index contributed by atoms with van der Waals surface area (Å²) < 4.78 is 7.24. The molecule has 1 aromatic heterocycles. The van der Waals surface area contributed by atoms with Crippen molar-refractivity contribution >= 4 is 11.6 Å². The van der Waals surface area contributed by atoms with Gasteiger partial charge in [-0.25, -0.2) is 0 Å². The fourth-order valence-electron chi connectivity index (χ4n) is 4.01. The third-order valence-corrected chi connectivity index (χ3v) is 5.68. The molecule has 0 saturated carbocycles. The number of aromatic nitrogens is 2. The fraction of sp³-hybridized carbons (Fsp3) is 0.565. The molecule has 0 spiro atoms. The van der Waals surface area contributed by atoms with E-state index >= 15 is 0 Å². The van der Waals surface area contributed by atoms with E-state index in [-0.39, 0.29) is 6.04 Å². The molecule has 8 nitrogen and oxygen atoms in total. The number of piperidine rings is 1. The normalized spacial score (nSPS) is 18.2. The van der Waals surface area contributed by atoms with E-state index in [4.69, 9.17) is 9.73 Å². The van der Waals surface area contributed by atoms with Crippen LogP contribution >= 0.6 is 0 Å². The van der Waals surface area contributed by atoms with Crippen LogP contribution in [0.3, 0.4) is 0 Å². The minimum atomic E-state index is 0.184. The molecule has 2 atom stereocenters. The fourth-order valence-corrected chi connectivity index (χ4v) is 4.01. The number of aryl methyl sites for hydroxylation is 1. The van der Waals surface area contributed by atoms with Crippen molar-refractivity contribution in [3.8, 4) is 5.75 Å². The molecule has 1 aliphatic rings. The van der Waals surface area contributed by atoms with Crippen LogP contribution in [-0.2, 0) is 7.05 Å². The number of nitrogens with one attached hydrogen (secondary N) is 2. The maximum atomic E-state index is 5.40. The Labute approximate surface area is 186 Å². The lowest BCUT2D eigenvalue weighted by molar-refractivity contribution is 0.306. The third kappa shape index (κ3) is 6.37. The largest absolute Gasteiger partial charge is 0.497 e. The van der Waals surface area contributed by atoms with Gasteiger partial charge in [0.2, 0.25) is 0 Å². The van der Waals surface area contributed by atoms with Gasteiger partial charge in [-0.05, 0) is 46.0 Å². The number of hydrogen-bond acceptors (Lipinski definition) is 5. The van der Waals surface area contributed by atoms with E-state index in [0.29, 0.717) is 12.6 Å². The lowest BCUT2D eigenvalue weighted by Gasteiger charge is -2.35. The minimum Gasteiger partial charge on any atom is -0.497 e. The highest BCUT2D eigenvalue weighted by atomic mass is 16.5. The van der Waals surface area contributed by atoms with Gasteiger partial charge in [-0.2, -0.15) is 5.10 Å². The lowest BCUT2D eigenvalue weighted by Crippen LogP contribution is -2.51. The summed E-state index contributed by atoms with van der Waals surface area (Å²) in [6.07, 6.45) is 6.26. The van der Waals surface area contributed by atoms with Gasteiger partial charge in [-0.3, -0.25) is 9.67 Å². The highest BCUT2D eigenvalue weighted by Crippen LogP contribution is 2.24. The number of aliphatic imine (C=N–C) groups is 1. The molecule has 2 N–H and O–H groups in total. The summed E-state index contributed by atoms with van der Waals surface area (Å²) in [5, 5.41) is 11.4. The lowest BCUT2D eigenvalue weighted by atomic mass is 10.0. The summed E-state index contributed by atoms with van der Waals surface area (Å²) >= 11 is 0. The van der Waals surface area contributed by atoms with Crippen molar-refractivity contribution in [2.24, 2.45) is 12.0 Å². The number of guanidine groups is 1. The van der Waals surface area contributed by atoms with Crippen LogP contribution in [0, 0.1) is 0 Å². The molecule has 0 aliphatic carbocycles. The molecule has 170 valence electrons. The van der Waals surface area contributed by atoms with Gasteiger partial charge in [0, 0.05) is 56.2 Å². The maximum Gasteiger partial charge on any atom is 0.191 e. The predicted molar refractivity (Wildman–Crippen MR) is 127 cm³/mol. The summed E-state index contributed by atoms with van der Waals surface area (Å²) in [7, 11) is 7.83. The number of likely N-dealkylation sites (N-methyl/N-ethyl adjacent to an activating group) is 1. The predicted octanol–water partition coefficient (Wildman–Crippen LogP) is 2.26. The maximum absolute atomic E-state index is 5.40. The average Bonchev–Trinajstić information content (AvgIpc) is 3.19. The van der Waals surface area contributed by atoms with Crippen molar-refractivity contribution in [1.29, 1.82) is 0 Å². The smallest absolute Gasteiger partial charge is 0.191 e. The minimum absolute atomic E-state index is 0.184. The van der Waals surface area contributed by atoms with Crippen molar-refractivity contribution in [2.75, 3.05) is 52.3 Å². The van der Waals surface area contributed by atoms with Crippen LogP contribution in [0.2, 0.25) is 0 Å². The SMILES string of the molecule is CCNC(=NCC(c1cnn(C)c1)N(C)C)NC1CCCN(c2cccc(OC)c2)C1. The van der Waals surface area contributed by atoms with Crippen LogP contribution in [0.15, 0.2) is 41.7 Å². The molecular formula is C23H37N7O. The molecular weight excluding hydrogens is 390 g/mol. The van der Waals surface area contributed by atoms with E-state index in [9.17, 15) is 0 Å². The van der Waals surface area contributed by atoms with Crippen molar-refractivity contribution < 1.29 is 4.74 Å². The Morgan fingerprint density at radius 1 is 1.39 bits per heavy atom. The Kier molecular flexibility index (Phi) is 8.17. The van der Waals surface area contributed by atoms with Crippen molar-refractivity contribution in [2.45, 2.75) is 31.8 Å². The zero-order valence-electron chi connectivity index (χ0n) is 19.5. The Balaban J connectivity index is 1.66. The second kappa shape index (κ2) is 11.0. The molecule has 0 radical (unpaired) electrons. The summed E-state index contributed by atoms with van der Waals surface area (Å²) in [4.78, 5) is 9.53. The molecule has 2 unspecified atom stereocenters. The Morgan fingerprint density at radius 3 is 2.90 bits per heavy atom. The highest BCUT2D eigenvalue weighted by molar-refractivity contribution is 5.80. The zero-order valence-corrected chi connectivity index (χ0v) is 19.5. The van der Waals surface area contributed by atoms with Gasteiger partial charge in [-0.15, -0.1) is 0 Å². The second-order valence-corrected chi connectivity index (χ2v) is 8.28. The van der Waals surface area contributed by atoms with Crippen LogP contribution < -0.4 is 20.3 Å². The van der Waals surface area contributed by atoms with Gasteiger partial charge in [0.25, 0.3) is 0 Å². The molecule has 8 heteroatoms. The van der Waals surface area contributed by atoms with E-state index in [1.807, 2.05) is 24.0 Å². The van der Waals surface area contributed by atoms with Crippen LogP contribution in [0.4, 0.5) is 5.69 Å². The zero-order chi connectivity index (χ0) is 22.2. The molecule has 31 heavy (non-hydrogen) atoms. The van der Waals surface area contributed by atoms with Gasteiger partial charge in [0.1, 0.15) is 5.75 Å². The molecule has 1 aliphatic heterocycles. The molecule has 2 aromatic rings. The quantitative estimate of drug-likeness (QED) is 0.498.